The number of nitriles is 1. The van der Waals surface area contributed by atoms with E-state index in [1.165, 1.54) is 20.5 Å². The van der Waals surface area contributed by atoms with Crippen molar-refractivity contribution in [3.8, 4) is 28.9 Å². The van der Waals surface area contributed by atoms with Crippen molar-refractivity contribution in [2.45, 2.75) is 6.04 Å². The number of hydrogen-bond donors (Lipinski definition) is 2. The van der Waals surface area contributed by atoms with Gasteiger partial charge in [-0.15, -0.1) is 0 Å². The van der Waals surface area contributed by atoms with Gasteiger partial charge in [0.1, 0.15) is 5.76 Å². The first kappa shape index (κ1) is 18.9. The Morgan fingerprint density at radius 1 is 1.14 bits per heavy atom. The lowest BCUT2D eigenvalue weighted by Crippen LogP contribution is -2.21. The van der Waals surface area contributed by atoms with Crippen molar-refractivity contribution in [1.29, 1.82) is 5.26 Å². The molecule has 2 N–H and O–H groups in total. The molecule has 0 spiro atoms. The van der Waals surface area contributed by atoms with Gasteiger partial charge in [-0.3, -0.25) is 0 Å². The third-order valence-electron chi connectivity index (χ3n) is 4.23. The second kappa shape index (κ2) is 8.18. The van der Waals surface area contributed by atoms with Crippen LogP contribution in [0.25, 0.3) is 11.3 Å². The van der Waals surface area contributed by atoms with Crippen LogP contribution in [-0.2, 0) is 4.79 Å². The highest BCUT2D eigenvalue weighted by Gasteiger charge is 2.26. The third kappa shape index (κ3) is 3.76. The number of methoxy groups -OCH3 is 2. The highest BCUT2D eigenvalue weighted by molar-refractivity contribution is 5.84. The van der Waals surface area contributed by atoms with Crippen molar-refractivity contribution < 1.29 is 23.8 Å². The van der Waals surface area contributed by atoms with Gasteiger partial charge in [0.15, 0.2) is 17.5 Å². The highest BCUT2D eigenvalue weighted by Crippen LogP contribution is 2.39. The number of carbonyl (C=O) groups is 1. The molecular formula is C21H18N2O5. The van der Waals surface area contributed by atoms with Crippen LogP contribution < -0.4 is 14.8 Å². The molecule has 0 saturated carbocycles. The van der Waals surface area contributed by atoms with E-state index in [4.69, 9.17) is 19.2 Å². The average Bonchev–Trinajstić information content (AvgIpc) is 3.26. The second-order valence-electron chi connectivity index (χ2n) is 5.88. The number of carboxylic acid groups (broad SMARTS) is 1. The molecule has 7 heteroatoms. The van der Waals surface area contributed by atoms with Gasteiger partial charge in [0.05, 0.1) is 32.1 Å². The molecule has 142 valence electrons. The SMILES string of the molecule is COc1cc(-c2ccco2)c(C(Nc2ccc(C#N)cc2)C(=O)O)cc1OC. The second-order valence-corrected chi connectivity index (χ2v) is 5.88. The molecular weight excluding hydrogens is 360 g/mol. The molecule has 2 aromatic carbocycles. The topological polar surface area (TPSA) is 105 Å². The van der Waals surface area contributed by atoms with Gasteiger partial charge in [-0.05, 0) is 48.5 Å². The minimum absolute atomic E-state index is 0.403. The number of aliphatic carboxylic acids is 1. The molecule has 0 fully saturated rings. The van der Waals surface area contributed by atoms with E-state index in [1.807, 2.05) is 6.07 Å². The largest absolute Gasteiger partial charge is 0.493 e. The number of nitrogens with one attached hydrogen (secondary N) is 1. The lowest BCUT2D eigenvalue weighted by molar-refractivity contribution is -0.138. The Bertz CT molecular complexity index is 1000. The Kier molecular flexibility index (Phi) is 5.51. The number of benzene rings is 2. The summed E-state index contributed by atoms with van der Waals surface area (Å²) in [5.74, 6) is 0.286. The Labute approximate surface area is 161 Å². The summed E-state index contributed by atoms with van der Waals surface area (Å²) in [5, 5.41) is 21.8. The molecule has 3 rings (SSSR count). The standard InChI is InChI=1S/C21H18N2O5/c1-26-18-10-15(17-4-3-9-28-17)16(11-19(18)27-2)20(21(24)25)23-14-7-5-13(12-22)6-8-14/h3-11,20,23H,1-2H3,(H,24,25). The van der Waals surface area contributed by atoms with E-state index in [0.29, 0.717) is 39.6 Å². The first-order chi connectivity index (χ1) is 13.6. The molecule has 0 bridgehead atoms. The van der Waals surface area contributed by atoms with Gasteiger partial charge in [0.25, 0.3) is 0 Å². The van der Waals surface area contributed by atoms with Crippen LogP contribution in [0.5, 0.6) is 11.5 Å². The number of anilines is 1. The van der Waals surface area contributed by atoms with Crippen LogP contribution >= 0.6 is 0 Å². The Balaban J connectivity index is 2.10. The highest BCUT2D eigenvalue weighted by atomic mass is 16.5. The van der Waals surface area contributed by atoms with Crippen LogP contribution in [0.4, 0.5) is 5.69 Å². The van der Waals surface area contributed by atoms with Crippen LogP contribution in [0.15, 0.2) is 59.2 Å². The third-order valence-corrected chi connectivity index (χ3v) is 4.23. The number of hydrogen-bond acceptors (Lipinski definition) is 6. The molecule has 0 radical (unpaired) electrons. The fourth-order valence-corrected chi connectivity index (χ4v) is 2.86. The van der Waals surface area contributed by atoms with Crippen LogP contribution in [0.1, 0.15) is 17.2 Å². The van der Waals surface area contributed by atoms with Gasteiger partial charge in [-0.25, -0.2) is 4.79 Å². The lowest BCUT2D eigenvalue weighted by Gasteiger charge is -2.21. The summed E-state index contributed by atoms with van der Waals surface area (Å²) < 4.78 is 16.2. The van der Waals surface area contributed by atoms with E-state index in [1.54, 1.807) is 48.5 Å². The molecule has 0 amide bonds. The molecule has 3 aromatic rings. The van der Waals surface area contributed by atoms with Crippen molar-refractivity contribution in [3.05, 3.63) is 65.9 Å². The van der Waals surface area contributed by atoms with Crippen LogP contribution in [0.2, 0.25) is 0 Å². The van der Waals surface area contributed by atoms with Crippen LogP contribution in [0, 0.1) is 11.3 Å². The van der Waals surface area contributed by atoms with Crippen molar-refractivity contribution in [2.24, 2.45) is 0 Å². The van der Waals surface area contributed by atoms with Gasteiger partial charge in [-0.1, -0.05) is 0 Å². The predicted molar refractivity (Wildman–Crippen MR) is 102 cm³/mol. The maximum atomic E-state index is 12.1. The number of nitrogens with zero attached hydrogens (tertiary/aromatic N) is 1. The zero-order valence-corrected chi connectivity index (χ0v) is 15.3. The van der Waals surface area contributed by atoms with Crippen molar-refractivity contribution in [2.75, 3.05) is 19.5 Å². The zero-order valence-electron chi connectivity index (χ0n) is 15.3. The van der Waals surface area contributed by atoms with E-state index < -0.39 is 12.0 Å². The summed E-state index contributed by atoms with van der Waals surface area (Å²) in [4.78, 5) is 12.1. The van der Waals surface area contributed by atoms with Gasteiger partial charge < -0.3 is 24.3 Å². The summed E-state index contributed by atoms with van der Waals surface area (Å²) >= 11 is 0. The van der Waals surface area contributed by atoms with Gasteiger partial charge in [-0.2, -0.15) is 5.26 Å². The first-order valence-electron chi connectivity index (χ1n) is 8.36. The maximum absolute atomic E-state index is 12.1. The van der Waals surface area contributed by atoms with Crippen molar-refractivity contribution in [3.63, 3.8) is 0 Å². The van der Waals surface area contributed by atoms with Gasteiger partial charge in [0.2, 0.25) is 0 Å². The molecule has 28 heavy (non-hydrogen) atoms. The molecule has 1 aromatic heterocycles. The Hall–Kier alpha value is -3.92. The monoisotopic (exact) mass is 378 g/mol. The number of ether oxygens (including phenoxy) is 2. The first-order valence-corrected chi connectivity index (χ1v) is 8.36. The minimum Gasteiger partial charge on any atom is -0.493 e. The number of rotatable bonds is 7. The van der Waals surface area contributed by atoms with E-state index in [0.717, 1.165) is 0 Å². The van der Waals surface area contributed by atoms with Crippen LogP contribution in [0.3, 0.4) is 0 Å². The lowest BCUT2D eigenvalue weighted by atomic mass is 9.97. The summed E-state index contributed by atoms with van der Waals surface area (Å²) in [6.45, 7) is 0. The Morgan fingerprint density at radius 2 is 1.82 bits per heavy atom. The van der Waals surface area contributed by atoms with E-state index in [2.05, 4.69) is 5.32 Å². The molecule has 0 aliphatic carbocycles. The molecule has 1 atom stereocenters. The molecule has 1 unspecified atom stereocenters. The minimum atomic E-state index is -1.09. The summed E-state index contributed by atoms with van der Waals surface area (Å²) in [6.07, 6.45) is 1.51. The molecule has 0 saturated heterocycles. The molecule has 1 heterocycles. The number of carboxylic acids is 1. The number of furan rings is 1. The quantitative estimate of drug-likeness (QED) is 0.638. The normalized spacial score (nSPS) is 11.3. The molecule has 0 aliphatic heterocycles. The molecule has 7 nitrogen and oxygen atoms in total. The summed E-state index contributed by atoms with van der Waals surface area (Å²) in [5.41, 5.74) is 2.06. The van der Waals surface area contributed by atoms with Crippen molar-refractivity contribution in [1.82, 2.24) is 0 Å². The summed E-state index contributed by atoms with van der Waals surface area (Å²) in [6, 6.07) is 14.2. The summed E-state index contributed by atoms with van der Waals surface area (Å²) in [7, 11) is 2.99. The van der Waals surface area contributed by atoms with E-state index in [9.17, 15) is 9.90 Å². The van der Waals surface area contributed by atoms with Crippen LogP contribution in [-0.4, -0.2) is 25.3 Å². The maximum Gasteiger partial charge on any atom is 0.330 e. The van der Waals surface area contributed by atoms with Gasteiger partial charge in [0, 0.05) is 16.8 Å². The fourth-order valence-electron chi connectivity index (χ4n) is 2.86. The zero-order chi connectivity index (χ0) is 20.1. The fraction of sp³-hybridized carbons (Fsp3) is 0.143. The van der Waals surface area contributed by atoms with E-state index in [-0.39, 0.29) is 0 Å². The smallest absolute Gasteiger partial charge is 0.330 e. The van der Waals surface area contributed by atoms with E-state index >= 15 is 0 Å². The predicted octanol–water partition coefficient (Wildman–Crippen LogP) is 4.07. The average molecular weight is 378 g/mol. The van der Waals surface area contributed by atoms with Gasteiger partial charge >= 0.3 is 5.97 Å². The Morgan fingerprint density at radius 3 is 2.36 bits per heavy atom. The molecule has 0 aliphatic rings. The van der Waals surface area contributed by atoms with Crippen molar-refractivity contribution >= 4 is 11.7 Å².